The molecule has 2 rings (SSSR count). The highest BCUT2D eigenvalue weighted by atomic mass is 16.7. The van der Waals surface area contributed by atoms with Crippen LogP contribution in [0.1, 0.15) is 25.7 Å². The first-order valence-corrected chi connectivity index (χ1v) is 5.61. The molecular formula is C13H18O3. The minimum Gasteiger partial charge on any atom is -0.497 e. The third-order valence-electron chi connectivity index (χ3n) is 2.84. The van der Waals surface area contributed by atoms with Crippen molar-refractivity contribution in [3.63, 3.8) is 0 Å². The van der Waals surface area contributed by atoms with Gasteiger partial charge in [-0.3, -0.25) is 0 Å². The Morgan fingerprint density at radius 1 is 1.25 bits per heavy atom. The zero-order valence-electron chi connectivity index (χ0n) is 9.97. The molecule has 0 radical (unpaired) electrons. The molecule has 1 aromatic rings. The Morgan fingerprint density at radius 2 is 1.94 bits per heavy atom. The van der Waals surface area contributed by atoms with Crippen molar-refractivity contribution in [2.24, 2.45) is 5.92 Å². The lowest BCUT2D eigenvalue weighted by atomic mass is 10.1. The predicted octanol–water partition coefficient (Wildman–Crippen LogP) is 2.77. The quantitative estimate of drug-likeness (QED) is 0.787. The second-order valence-electron chi connectivity index (χ2n) is 4.36. The number of ether oxygens (including phenoxy) is 3. The van der Waals surface area contributed by atoms with Crippen molar-refractivity contribution in [2.45, 2.75) is 26.2 Å². The van der Waals surface area contributed by atoms with Crippen LogP contribution in [-0.2, 0) is 9.47 Å². The molecule has 1 fully saturated rings. The van der Waals surface area contributed by atoms with Crippen molar-refractivity contribution >= 4 is 0 Å². The van der Waals surface area contributed by atoms with Crippen LogP contribution in [-0.4, -0.2) is 19.8 Å². The van der Waals surface area contributed by atoms with Crippen molar-refractivity contribution in [3.8, 4) is 5.75 Å². The molecule has 0 bridgehead atoms. The van der Waals surface area contributed by atoms with Gasteiger partial charge in [0.15, 0.2) is 6.29 Å². The van der Waals surface area contributed by atoms with Crippen LogP contribution in [0.3, 0.4) is 0 Å². The van der Waals surface area contributed by atoms with E-state index < -0.39 is 0 Å². The van der Waals surface area contributed by atoms with Gasteiger partial charge in [0.2, 0.25) is 0 Å². The Balaban J connectivity index is 2.03. The average Bonchev–Trinajstić information content (AvgIpc) is 2.78. The first kappa shape index (κ1) is 11.4. The van der Waals surface area contributed by atoms with E-state index in [1.54, 1.807) is 7.11 Å². The molecule has 0 N–H and O–H groups in total. The lowest BCUT2D eigenvalue weighted by molar-refractivity contribution is -0.0670. The third kappa shape index (κ3) is 2.36. The highest BCUT2D eigenvalue weighted by molar-refractivity contribution is 5.28. The first-order chi connectivity index (χ1) is 7.70. The minimum atomic E-state index is -0.224. The van der Waals surface area contributed by atoms with Crippen molar-refractivity contribution < 1.29 is 14.2 Å². The Hall–Kier alpha value is -1.06. The summed E-state index contributed by atoms with van der Waals surface area (Å²) >= 11 is 0. The molecule has 0 aromatic heterocycles. The van der Waals surface area contributed by atoms with E-state index in [0.29, 0.717) is 12.5 Å². The Morgan fingerprint density at radius 3 is 2.44 bits per heavy atom. The number of hydrogen-bond donors (Lipinski definition) is 0. The molecule has 1 heterocycles. The number of rotatable bonds is 3. The monoisotopic (exact) mass is 222 g/mol. The largest absolute Gasteiger partial charge is 0.497 e. The van der Waals surface area contributed by atoms with Crippen molar-refractivity contribution in [1.29, 1.82) is 0 Å². The van der Waals surface area contributed by atoms with Crippen molar-refractivity contribution in [1.82, 2.24) is 0 Å². The summed E-state index contributed by atoms with van der Waals surface area (Å²) < 4.78 is 16.6. The van der Waals surface area contributed by atoms with Gasteiger partial charge in [-0.25, -0.2) is 0 Å². The molecular weight excluding hydrogens is 204 g/mol. The molecule has 16 heavy (non-hydrogen) atoms. The van der Waals surface area contributed by atoms with Crippen LogP contribution in [0.4, 0.5) is 0 Å². The van der Waals surface area contributed by atoms with Gasteiger partial charge >= 0.3 is 0 Å². The first-order valence-electron chi connectivity index (χ1n) is 5.61. The predicted molar refractivity (Wildman–Crippen MR) is 61.4 cm³/mol. The van der Waals surface area contributed by atoms with Crippen LogP contribution in [0.2, 0.25) is 0 Å². The molecule has 0 spiro atoms. The van der Waals surface area contributed by atoms with Gasteiger partial charge in [0, 0.05) is 5.56 Å². The molecule has 1 saturated heterocycles. The van der Waals surface area contributed by atoms with Gasteiger partial charge in [-0.15, -0.1) is 0 Å². The summed E-state index contributed by atoms with van der Waals surface area (Å²) in [4.78, 5) is 0. The molecule has 2 unspecified atom stereocenters. The third-order valence-corrected chi connectivity index (χ3v) is 2.84. The van der Waals surface area contributed by atoms with Gasteiger partial charge in [-0.2, -0.15) is 0 Å². The standard InChI is InChI=1S/C13H18O3/c1-9(2)12-8-15-13(16-12)10-4-6-11(14-3)7-5-10/h4-7,9,12-13H,8H2,1-3H3. The molecule has 1 aliphatic rings. The van der Waals surface area contributed by atoms with Crippen LogP contribution in [0.15, 0.2) is 24.3 Å². The van der Waals surface area contributed by atoms with E-state index in [1.165, 1.54) is 0 Å². The van der Waals surface area contributed by atoms with Gasteiger partial charge in [0.1, 0.15) is 5.75 Å². The fourth-order valence-corrected chi connectivity index (χ4v) is 1.70. The summed E-state index contributed by atoms with van der Waals surface area (Å²) in [6.07, 6.45) is -0.0228. The summed E-state index contributed by atoms with van der Waals surface area (Å²) in [5.41, 5.74) is 1.05. The maximum absolute atomic E-state index is 5.82. The topological polar surface area (TPSA) is 27.7 Å². The number of methoxy groups -OCH3 is 1. The highest BCUT2D eigenvalue weighted by Crippen LogP contribution is 2.30. The molecule has 0 amide bonds. The summed E-state index contributed by atoms with van der Waals surface area (Å²) in [6.45, 7) is 4.96. The maximum Gasteiger partial charge on any atom is 0.184 e. The summed E-state index contributed by atoms with van der Waals surface area (Å²) in [5, 5.41) is 0. The normalized spacial score (nSPS) is 25.0. The van der Waals surface area contributed by atoms with Gasteiger partial charge in [0.25, 0.3) is 0 Å². The van der Waals surface area contributed by atoms with Crippen LogP contribution in [0, 0.1) is 5.92 Å². The maximum atomic E-state index is 5.82. The van der Waals surface area contributed by atoms with Crippen LogP contribution in [0.5, 0.6) is 5.75 Å². The molecule has 0 aliphatic carbocycles. The Bertz CT molecular complexity index is 332. The zero-order chi connectivity index (χ0) is 11.5. The number of hydrogen-bond acceptors (Lipinski definition) is 3. The smallest absolute Gasteiger partial charge is 0.184 e. The van der Waals surface area contributed by atoms with E-state index >= 15 is 0 Å². The average molecular weight is 222 g/mol. The molecule has 2 atom stereocenters. The lowest BCUT2D eigenvalue weighted by Gasteiger charge is -2.14. The SMILES string of the molecule is COc1ccc(C2OCC(C(C)C)O2)cc1. The van der Waals surface area contributed by atoms with Crippen LogP contribution < -0.4 is 4.74 Å². The molecule has 88 valence electrons. The van der Waals surface area contributed by atoms with Gasteiger partial charge in [-0.1, -0.05) is 26.0 Å². The van der Waals surface area contributed by atoms with Crippen molar-refractivity contribution in [2.75, 3.05) is 13.7 Å². The molecule has 1 aromatic carbocycles. The molecule has 3 heteroatoms. The van der Waals surface area contributed by atoms with Gasteiger partial charge in [-0.05, 0) is 18.1 Å². The van der Waals surface area contributed by atoms with Gasteiger partial charge < -0.3 is 14.2 Å². The molecule has 3 nitrogen and oxygen atoms in total. The zero-order valence-corrected chi connectivity index (χ0v) is 9.97. The van der Waals surface area contributed by atoms with E-state index in [1.807, 2.05) is 24.3 Å². The summed E-state index contributed by atoms with van der Waals surface area (Å²) in [6, 6.07) is 7.80. The fraction of sp³-hybridized carbons (Fsp3) is 0.538. The molecule has 1 aliphatic heterocycles. The van der Waals surface area contributed by atoms with E-state index in [-0.39, 0.29) is 12.4 Å². The fourth-order valence-electron chi connectivity index (χ4n) is 1.70. The van der Waals surface area contributed by atoms with Crippen LogP contribution >= 0.6 is 0 Å². The highest BCUT2D eigenvalue weighted by Gasteiger charge is 2.29. The lowest BCUT2D eigenvalue weighted by Crippen LogP contribution is -2.17. The van der Waals surface area contributed by atoms with Gasteiger partial charge in [0.05, 0.1) is 19.8 Å². The Labute approximate surface area is 96.3 Å². The van der Waals surface area contributed by atoms with Crippen molar-refractivity contribution in [3.05, 3.63) is 29.8 Å². The van der Waals surface area contributed by atoms with E-state index in [0.717, 1.165) is 11.3 Å². The second kappa shape index (κ2) is 4.85. The van der Waals surface area contributed by atoms with E-state index in [2.05, 4.69) is 13.8 Å². The Kier molecular flexibility index (Phi) is 3.46. The minimum absolute atomic E-state index is 0.201. The van der Waals surface area contributed by atoms with E-state index in [4.69, 9.17) is 14.2 Å². The van der Waals surface area contributed by atoms with Crippen LogP contribution in [0.25, 0.3) is 0 Å². The second-order valence-corrected chi connectivity index (χ2v) is 4.36. The number of benzene rings is 1. The molecule has 0 saturated carbocycles. The summed E-state index contributed by atoms with van der Waals surface area (Å²) in [7, 11) is 1.66. The van der Waals surface area contributed by atoms with E-state index in [9.17, 15) is 0 Å². The summed E-state index contributed by atoms with van der Waals surface area (Å²) in [5.74, 6) is 1.34.